The Bertz CT molecular complexity index is 551. The maximum atomic E-state index is 5.83. The normalized spacial score (nSPS) is 10.8. The summed E-state index contributed by atoms with van der Waals surface area (Å²) >= 11 is 1.73. The average molecular weight is 290 g/mol. The monoisotopic (exact) mass is 290 g/mol. The minimum absolute atomic E-state index is 0.546. The Morgan fingerprint density at radius 2 is 2.15 bits per heavy atom. The van der Waals surface area contributed by atoms with Crippen molar-refractivity contribution >= 4 is 11.3 Å². The molecule has 108 valence electrons. The van der Waals surface area contributed by atoms with E-state index in [-0.39, 0.29) is 0 Å². The Labute approximate surface area is 125 Å². The molecule has 2 rings (SSSR count). The van der Waals surface area contributed by atoms with E-state index in [1.165, 1.54) is 10.4 Å². The molecule has 0 fully saturated rings. The van der Waals surface area contributed by atoms with Gasteiger partial charge in [-0.25, -0.2) is 4.98 Å². The van der Waals surface area contributed by atoms with Gasteiger partial charge in [0.1, 0.15) is 17.4 Å². The summed E-state index contributed by atoms with van der Waals surface area (Å²) in [6.07, 6.45) is 1.03. The quantitative estimate of drug-likeness (QED) is 0.844. The summed E-state index contributed by atoms with van der Waals surface area (Å²) in [6, 6.07) is 8.26. The van der Waals surface area contributed by atoms with E-state index in [0.717, 1.165) is 36.0 Å². The Morgan fingerprint density at radius 1 is 1.30 bits per heavy atom. The third kappa shape index (κ3) is 4.05. The SMILES string of the molecule is CCNCc1sc(COc2cccc(CC)c2)nc1C. The van der Waals surface area contributed by atoms with Crippen molar-refractivity contribution in [3.05, 3.63) is 45.4 Å². The van der Waals surface area contributed by atoms with Crippen LogP contribution in [-0.2, 0) is 19.6 Å². The second kappa shape index (κ2) is 7.41. The largest absolute Gasteiger partial charge is 0.486 e. The number of nitrogens with zero attached hydrogens (tertiary/aromatic N) is 1. The Balaban J connectivity index is 1.96. The molecule has 1 aromatic carbocycles. The fourth-order valence-corrected chi connectivity index (χ4v) is 2.91. The lowest BCUT2D eigenvalue weighted by atomic mass is 10.2. The van der Waals surface area contributed by atoms with E-state index in [9.17, 15) is 0 Å². The summed E-state index contributed by atoms with van der Waals surface area (Å²) in [5, 5.41) is 4.38. The molecule has 4 heteroatoms. The number of aromatic nitrogens is 1. The maximum absolute atomic E-state index is 5.83. The lowest BCUT2D eigenvalue weighted by molar-refractivity contribution is 0.305. The summed E-state index contributed by atoms with van der Waals surface area (Å²) in [6.45, 7) is 8.74. The molecule has 0 radical (unpaired) electrons. The first-order valence-corrected chi connectivity index (χ1v) is 7.92. The van der Waals surface area contributed by atoms with Gasteiger partial charge in [0, 0.05) is 11.4 Å². The van der Waals surface area contributed by atoms with Crippen molar-refractivity contribution in [2.45, 2.75) is 40.3 Å². The molecule has 0 unspecified atom stereocenters. The predicted octanol–water partition coefficient (Wildman–Crippen LogP) is 3.70. The maximum Gasteiger partial charge on any atom is 0.140 e. The second-order valence-electron chi connectivity index (χ2n) is 4.69. The van der Waals surface area contributed by atoms with E-state index in [1.807, 2.05) is 12.1 Å². The summed E-state index contributed by atoms with van der Waals surface area (Å²) < 4.78 is 5.83. The van der Waals surface area contributed by atoms with E-state index in [4.69, 9.17) is 4.74 Å². The molecule has 1 N–H and O–H groups in total. The van der Waals surface area contributed by atoms with Crippen LogP contribution in [0, 0.1) is 6.92 Å². The molecule has 0 bridgehead atoms. The van der Waals surface area contributed by atoms with Crippen molar-refractivity contribution in [2.75, 3.05) is 6.54 Å². The van der Waals surface area contributed by atoms with Crippen LogP contribution in [0.5, 0.6) is 5.75 Å². The Hall–Kier alpha value is -1.39. The zero-order chi connectivity index (χ0) is 14.4. The van der Waals surface area contributed by atoms with Gasteiger partial charge in [0.25, 0.3) is 0 Å². The molecule has 0 atom stereocenters. The number of hydrogen-bond donors (Lipinski definition) is 1. The standard InChI is InChI=1S/C16H22N2OS/c1-4-13-7-6-8-14(9-13)19-11-16-18-12(3)15(20-16)10-17-5-2/h6-9,17H,4-5,10-11H2,1-3H3. The van der Waals surface area contributed by atoms with Gasteiger partial charge >= 0.3 is 0 Å². The lowest BCUT2D eigenvalue weighted by Crippen LogP contribution is -2.11. The summed E-state index contributed by atoms with van der Waals surface area (Å²) in [5.74, 6) is 0.922. The van der Waals surface area contributed by atoms with Crippen LogP contribution in [0.2, 0.25) is 0 Å². The number of benzene rings is 1. The first-order chi connectivity index (χ1) is 9.72. The van der Waals surface area contributed by atoms with E-state index in [1.54, 1.807) is 11.3 Å². The van der Waals surface area contributed by atoms with Gasteiger partial charge in [0.15, 0.2) is 0 Å². The fraction of sp³-hybridized carbons (Fsp3) is 0.438. The van der Waals surface area contributed by atoms with E-state index in [2.05, 4.69) is 43.2 Å². The molecule has 0 saturated carbocycles. The summed E-state index contributed by atoms with van der Waals surface area (Å²) in [5.41, 5.74) is 2.41. The number of thiazole rings is 1. The van der Waals surface area contributed by atoms with Gasteiger partial charge in [-0.3, -0.25) is 0 Å². The highest BCUT2D eigenvalue weighted by molar-refractivity contribution is 7.11. The second-order valence-corrected chi connectivity index (χ2v) is 5.85. The molecular formula is C16H22N2OS. The fourth-order valence-electron chi connectivity index (χ4n) is 1.95. The van der Waals surface area contributed by atoms with Crippen LogP contribution in [0.1, 0.15) is 35.0 Å². The first kappa shape index (κ1) is 15.0. The molecule has 0 aliphatic rings. The molecule has 0 amide bonds. The van der Waals surface area contributed by atoms with Gasteiger partial charge in [-0.2, -0.15) is 0 Å². The van der Waals surface area contributed by atoms with E-state index in [0.29, 0.717) is 6.61 Å². The third-order valence-corrected chi connectivity index (χ3v) is 4.27. The highest BCUT2D eigenvalue weighted by atomic mass is 32.1. The van der Waals surface area contributed by atoms with Crippen LogP contribution in [0.4, 0.5) is 0 Å². The minimum atomic E-state index is 0.546. The molecule has 1 heterocycles. The average Bonchev–Trinajstić information content (AvgIpc) is 2.83. The van der Waals surface area contributed by atoms with Gasteiger partial charge in [-0.1, -0.05) is 26.0 Å². The molecule has 3 nitrogen and oxygen atoms in total. The van der Waals surface area contributed by atoms with Crippen LogP contribution in [-0.4, -0.2) is 11.5 Å². The van der Waals surface area contributed by atoms with Crippen molar-refractivity contribution in [1.82, 2.24) is 10.3 Å². The molecule has 20 heavy (non-hydrogen) atoms. The Morgan fingerprint density at radius 3 is 2.90 bits per heavy atom. The smallest absolute Gasteiger partial charge is 0.140 e. The molecule has 1 aromatic heterocycles. The topological polar surface area (TPSA) is 34.1 Å². The van der Waals surface area contributed by atoms with Crippen LogP contribution >= 0.6 is 11.3 Å². The summed E-state index contributed by atoms with van der Waals surface area (Å²) in [4.78, 5) is 5.87. The molecule has 0 saturated heterocycles. The molecule has 0 aliphatic heterocycles. The third-order valence-electron chi connectivity index (χ3n) is 3.14. The van der Waals surface area contributed by atoms with Crippen LogP contribution < -0.4 is 10.1 Å². The zero-order valence-electron chi connectivity index (χ0n) is 12.4. The first-order valence-electron chi connectivity index (χ1n) is 7.10. The molecule has 2 aromatic rings. The van der Waals surface area contributed by atoms with Crippen LogP contribution in [0.15, 0.2) is 24.3 Å². The lowest BCUT2D eigenvalue weighted by Gasteiger charge is -2.05. The molecule has 0 spiro atoms. The number of ether oxygens (including phenoxy) is 1. The highest BCUT2D eigenvalue weighted by Gasteiger charge is 2.07. The van der Waals surface area contributed by atoms with Crippen molar-refractivity contribution in [2.24, 2.45) is 0 Å². The number of aryl methyl sites for hydroxylation is 2. The van der Waals surface area contributed by atoms with Crippen molar-refractivity contribution in [1.29, 1.82) is 0 Å². The van der Waals surface area contributed by atoms with Gasteiger partial charge < -0.3 is 10.1 Å². The number of nitrogens with one attached hydrogen (secondary N) is 1. The van der Waals surface area contributed by atoms with Crippen LogP contribution in [0.25, 0.3) is 0 Å². The van der Waals surface area contributed by atoms with Gasteiger partial charge in [-0.05, 0) is 37.6 Å². The van der Waals surface area contributed by atoms with E-state index < -0.39 is 0 Å². The predicted molar refractivity (Wildman–Crippen MR) is 84.4 cm³/mol. The van der Waals surface area contributed by atoms with Crippen molar-refractivity contribution < 1.29 is 4.74 Å². The van der Waals surface area contributed by atoms with Crippen molar-refractivity contribution in [3.8, 4) is 5.75 Å². The van der Waals surface area contributed by atoms with Crippen LogP contribution in [0.3, 0.4) is 0 Å². The van der Waals surface area contributed by atoms with Gasteiger partial charge in [0.2, 0.25) is 0 Å². The number of hydrogen-bond acceptors (Lipinski definition) is 4. The highest BCUT2D eigenvalue weighted by Crippen LogP contribution is 2.21. The zero-order valence-corrected chi connectivity index (χ0v) is 13.2. The van der Waals surface area contributed by atoms with E-state index >= 15 is 0 Å². The minimum Gasteiger partial charge on any atom is -0.486 e. The van der Waals surface area contributed by atoms with Gasteiger partial charge in [0.05, 0.1) is 5.69 Å². The molecule has 0 aliphatic carbocycles. The Kier molecular flexibility index (Phi) is 5.56. The summed E-state index contributed by atoms with van der Waals surface area (Å²) in [7, 11) is 0. The molecular weight excluding hydrogens is 268 g/mol. The van der Waals surface area contributed by atoms with Crippen molar-refractivity contribution in [3.63, 3.8) is 0 Å². The van der Waals surface area contributed by atoms with Gasteiger partial charge in [-0.15, -0.1) is 11.3 Å². The number of rotatable bonds is 7.